The maximum atomic E-state index is 13.9. The van der Waals surface area contributed by atoms with Gasteiger partial charge in [0.15, 0.2) is 0 Å². The van der Waals surface area contributed by atoms with Crippen LogP contribution in [0.15, 0.2) is 30.6 Å². The number of hydrogen-bond donors (Lipinski definition) is 2. The molecule has 1 atom stereocenters. The Balaban J connectivity index is 1.89. The summed E-state index contributed by atoms with van der Waals surface area (Å²) < 4.78 is 32.6. The minimum atomic E-state index is -1.35. The van der Waals surface area contributed by atoms with Crippen LogP contribution in [0.3, 0.4) is 0 Å². The van der Waals surface area contributed by atoms with Gasteiger partial charge < -0.3 is 15.2 Å². The monoisotopic (exact) mass is 405 g/mol. The van der Waals surface area contributed by atoms with E-state index in [0.717, 1.165) is 25.0 Å². The Morgan fingerprint density at radius 1 is 1.31 bits per heavy atom. The molecule has 154 valence electrons. The lowest BCUT2D eigenvalue weighted by Gasteiger charge is -2.28. The highest BCUT2D eigenvalue weighted by atomic mass is 19.1. The molecule has 1 aliphatic rings. The fourth-order valence-corrected chi connectivity index (χ4v) is 2.73. The van der Waals surface area contributed by atoms with E-state index in [-0.39, 0.29) is 30.0 Å². The van der Waals surface area contributed by atoms with E-state index in [9.17, 15) is 18.4 Å². The van der Waals surface area contributed by atoms with E-state index in [1.54, 1.807) is 6.92 Å². The standard InChI is InChI=1S/C20H21F2N3O4/c1-19(7-8-19)29-18(28)20(2,6-5-17(26)27)15-10-23-11-16(25-15)24-14-4-3-12(21)9-13(14)22/h3-4,9-11H,5-8H2,1-2H3,(H,24,25)(H,26,27). The molecule has 3 rings (SSSR count). The summed E-state index contributed by atoms with van der Waals surface area (Å²) in [4.78, 5) is 32.4. The van der Waals surface area contributed by atoms with Crippen LogP contribution in [0.5, 0.6) is 0 Å². The van der Waals surface area contributed by atoms with Crippen molar-refractivity contribution in [2.75, 3.05) is 5.32 Å². The van der Waals surface area contributed by atoms with Gasteiger partial charge in [-0.05, 0) is 45.2 Å². The molecular formula is C20H21F2N3O4. The van der Waals surface area contributed by atoms with Crippen molar-refractivity contribution in [3.05, 3.63) is 47.9 Å². The van der Waals surface area contributed by atoms with Crippen LogP contribution >= 0.6 is 0 Å². The second-order valence-corrected chi connectivity index (χ2v) is 7.60. The lowest BCUT2D eigenvalue weighted by atomic mass is 9.82. The number of carbonyl (C=O) groups excluding carboxylic acids is 1. The zero-order valence-corrected chi connectivity index (χ0v) is 16.0. The van der Waals surface area contributed by atoms with Crippen LogP contribution in [0.25, 0.3) is 0 Å². The minimum absolute atomic E-state index is 0.0156. The second-order valence-electron chi connectivity index (χ2n) is 7.60. The van der Waals surface area contributed by atoms with Crippen molar-refractivity contribution in [2.45, 2.75) is 50.5 Å². The third-order valence-corrected chi connectivity index (χ3v) is 4.98. The Hall–Kier alpha value is -3.10. The van der Waals surface area contributed by atoms with Crippen molar-refractivity contribution in [3.63, 3.8) is 0 Å². The molecule has 0 radical (unpaired) electrons. The Labute approximate surface area is 166 Å². The van der Waals surface area contributed by atoms with Crippen molar-refractivity contribution >= 4 is 23.4 Å². The van der Waals surface area contributed by atoms with Gasteiger partial charge in [-0.15, -0.1) is 0 Å². The van der Waals surface area contributed by atoms with Gasteiger partial charge in [0.1, 0.15) is 28.5 Å². The average Bonchev–Trinajstić information content (AvgIpc) is 3.39. The van der Waals surface area contributed by atoms with E-state index in [4.69, 9.17) is 9.84 Å². The van der Waals surface area contributed by atoms with E-state index < -0.39 is 34.6 Å². The predicted octanol–water partition coefficient (Wildman–Crippen LogP) is 3.72. The number of aliphatic carboxylic acids is 1. The zero-order valence-electron chi connectivity index (χ0n) is 16.0. The number of hydrogen-bond acceptors (Lipinski definition) is 6. The summed E-state index contributed by atoms with van der Waals surface area (Å²) >= 11 is 0. The maximum absolute atomic E-state index is 13.9. The first-order valence-corrected chi connectivity index (χ1v) is 9.11. The lowest BCUT2D eigenvalue weighted by molar-refractivity contribution is -0.157. The predicted molar refractivity (Wildman–Crippen MR) is 99.6 cm³/mol. The third-order valence-electron chi connectivity index (χ3n) is 4.98. The molecule has 7 nitrogen and oxygen atoms in total. The fraction of sp³-hybridized carbons (Fsp3) is 0.400. The van der Waals surface area contributed by atoms with Crippen molar-refractivity contribution in [3.8, 4) is 0 Å². The first-order valence-electron chi connectivity index (χ1n) is 9.11. The highest BCUT2D eigenvalue weighted by molar-refractivity contribution is 5.83. The number of nitrogens with one attached hydrogen (secondary N) is 1. The van der Waals surface area contributed by atoms with Crippen LogP contribution in [0.2, 0.25) is 0 Å². The van der Waals surface area contributed by atoms with E-state index in [1.807, 2.05) is 6.92 Å². The van der Waals surface area contributed by atoms with Gasteiger partial charge in [0.25, 0.3) is 0 Å². The van der Waals surface area contributed by atoms with Crippen LogP contribution < -0.4 is 5.32 Å². The Kier molecular flexibility index (Phi) is 5.50. The molecule has 0 spiro atoms. The minimum Gasteiger partial charge on any atom is -0.481 e. The lowest BCUT2D eigenvalue weighted by Crippen LogP contribution is -2.38. The maximum Gasteiger partial charge on any atom is 0.318 e. The molecular weight excluding hydrogens is 384 g/mol. The first-order chi connectivity index (χ1) is 13.6. The molecule has 1 heterocycles. The molecule has 0 saturated heterocycles. The number of anilines is 2. The summed E-state index contributed by atoms with van der Waals surface area (Å²) in [7, 11) is 0. The smallest absolute Gasteiger partial charge is 0.318 e. The number of nitrogens with zero attached hydrogens (tertiary/aromatic N) is 2. The molecule has 9 heteroatoms. The van der Waals surface area contributed by atoms with E-state index in [0.29, 0.717) is 0 Å². The highest BCUT2D eigenvalue weighted by Gasteiger charge is 2.47. The number of ether oxygens (including phenoxy) is 1. The number of aromatic nitrogens is 2. The topological polar surface area (TPSA) is 101 Å². The highest BCUT2D eigenvalue weighted by Crippen LogP contribution is 2.42. The van der Waals surface area contributed by atoms with Crippen LogP contribution in [0.4, 0.5) is 20.3 Å². The van der Waals surface area contributed by atoms with Crippen molar-refractivity contribution in [2.24, 2.45) is 0 Å². The SMILES string of the molecule is CC1(OC(=O)C(C)(CCC(=O)O)c2cncc(Nc3ccc(F)cc3F)n2)CC1. The van der Waals surface area contributed by atoms with Crippen molar-refractivity contribution in [1.82, 2.24) is 9.97 Å². The summed E-state index contributed by atoms with van der Waals surface area (Å²) in [5.74, 6) is -3.05. The molecule has 0 aliphatic heterocycles. The molecule has 1 aromatic carbocycles. The number of carboxylic acid groups (broad SMARTS) is 1. The van der Waals surface area contributed by atoms with Gasteiger partial charge in [0.05, 0.1) is 17.6 Å². The molecule has 2 N–H and O–H groups in total. The zero-order chi connectivity index (χ0) is 21.2. The molecule has 2 aromatic rings. The van der Waals surface area contributed by atoms with Crippen LogP contribution in [0.1, 0.15) is 45.2 Å². The molecule has 1 fully saturated rings. The van der Waals surface area contributed by atoms with Crippen LogP contribution in [-0.4, -0.2) is 32.6 Å². The largest absolute Gasteiger partial charge is 0.481 e. The Morgan fingerprint density at radius 2 is 2.03 bits per heavy atom. The third kappa shape index (κ3) is 4.85. The quantitative estimate of drug-likeness (QED) is 0.646. The molecule has 1 saturated carbocycles. The molecule has 1 unspecified atom stereocenters. The molecule has 1 aliphatic carbocycles. The van der Waals surface area contributed by atoms with E-state index >= 15 is 0 Å². The number of benzene rings is 1. The van der Waals surface area contributed by atoms with Gasteiger partial charge in [-0.25, -0.2) is 13.8 Å². The first kappa shape index (κ1) is 20.6. The number of carbonyl (C=O) groups is 2. The Morgan fingerprint density at radius 3 is 2.66 bits per heavy atom. The average molecular weight is 405 g/mol. The molecule has 0 bridgehead atoms. The Bertz CT molecular complexity index is 949. The molecule has 29 heavy (non-hydrogen) atoms. The van der Waals surface area contributed by atoms with Crippen LogP contribution in [-0.2, 0) is 19.7 Å². The van der Waals surface area contributed by atoms with Gasteiger partial charge in [0.2, 0.25) is 0 Å². The molecule has 0 amide bonds. The second kappa shape index (κ2) is 7.73. The summed E-state index contributed by atoms with van der Waals surface area (Å²) in [6.07, 6.45) is 3.84. The summed E-state index contributed by atoms with van der Waals surface area (Å²) in [6, 6.07) is 3.03. The molecule has 1 aromatic heterocycles. The summed E-state index contributed by atoms with van der Waals surface area (Å²) in [5, 5.41) is 11.8. The van der Waals surface area contributed by atoms with E-state index in [1.165, 1.54) is 18.5 Å². The number of halogens is 2. The number of rotatable bonds is 8. The van der Waals surface area contributed by atoms with Crippen LogP contribution in [0, 0.1) is 11.6 Å². The summed E-state index contributed by atoms with van der Waals surface area (Å²) in [5.41, 5.74) is -1.71. The van der Waals surface area contributed by atoms with Gasteiger partial charge in [0, 0.05) is 18.7 Å². The van der Waals surface area contributed by atoms with E-state index in [2.05, 4.69) is 15.3 Å². The van der Waals surface area contributed by atoms with Gasteiger partial charge in [-0.3, -0.25) is 14.6 Å². The number of esters is 1. The number of carboxylic acids is 1. The van der Waals surface area contributed by atoms with Gasteiger partial charge in [-0.2, -0.15) is 0 Å². The fourth-order valence-electron chi connectivity index (χ4n) is 2.73. The van der Waals surface area contributed by atoms with Crippen molar-refractivity contribution < 1.29 is 28.2 Å². The van der Waals surface area contributed by atoms with Crippen molar-refractivity contribution in [1.29, 1.82) is 0 Å². The summed E-state index contributed by atoms with van der Waals surface area (Å²) in [6.45, 7) is 3.36. The normalized spacial score (nSPS) is 16.6. The van der Waals surface area contributed by atoms with Gasteiger partial charge in [-0.1, -0.05) is 0 Å². The van der Waals surface area contributed by atoms with Gasteiger partial charge >= 0.3 is 11.9 Å².